The summed E-state index contributed by atoms with van der Waals surface area (Å²) in [6.07, 6.45) is -1.46. The smallest absolute Gasteiger partial charge is 0.410 e. The summed E-state index contributed by atoms with van der Waals surface area (Å²) in [6, 6.07) is 4.76. The normalized spacial score (nSPS) is 28.6. The largest absolute Gasteiger partial charge is 0.457 e. The van der Waals surface area contributed by atoms with Crippen molar-refractivity contribution in [3.8, 4) is 0 Å². The minimum Gasteiger partial charge on any atom is -0.457 e. The molecule has 256 valence electrons. The van der Waals surface area contributed by atoms with Gasteiger partial charge in [0.2, 0.25) is 0 Å². The van der Waals surface area contributed by atoms with Gasteiger partial charge in [0.05, 0.1) is 32.3 Å². The van der Waals surface area contributed by atoms with Crippen molar-refractivity contribution in [3.63, 3.8) is 0 Å². The molecule has 9 nitrogen and oxygen atoms in total. The van der Waals surface area contributed by atoms with Crippen molar-refractivity contribution in [3.05, 3.63) is 47.3 Å². The van der Waals surface area contributed by atoms with E-state index in [1.165, 1.54) is 21.9 Å². The predicted octanol–water partition coefficient (Wildman–Crippen LogP) is 5.04. The van der Waals surface area contributed by atoms with Crippen molar-refractivity contribution in [2.45, 2.75) is 64.5 Å². The molecular weight excluding hydrogens is 610 g/mol. The third-order valence-corrected chi connectivity index (χ3v) is 8.65. The SMILES string of the molecule is C/C(=C\c1cc(F)cc(N2CCOCC2)c1)[C@H]1OC(=O)C[C@H](O)CC[C@H](C)[C@@H](OC(=O)N2CCN(CC(F)(F)F)CC2)/C=C/[C@@H]1C. The van der Waals surface area contributed by atoms with Gasteiger partial charge in [-0.1, -0.05) is 26.0 Å². The topological polar surface area (TPSA) is 91.8 Å². The number of rotatable bonds is 5. The van der Waals surface area contributed by atoms with E-state index in [-0.39, 0.29) is 50.9 Å². The highest BCUT2D eigenvalue weighted by atomic mass is 19.4. The van der Waals surface area contributed by atoms with E-state index in [1.807, 2.05) is 30.9 Å². The van der Waals surface area contributed by atoms with E-state index in [4.69, 9.17) is 14.2 Å². The number of piperazine rings is 1. The van der Waals surface area contributed by atoms with E-state index in [2.05, 4.69) is 0 Å². The first-order chi connectivity index (χ1) is 21.8. The lowest BCUT2D eigenvalue weighted by Crippen LogP contribution is -2.51. The number of esters is 1. The Morgan fingerprint density at radius 3 is 2.41 bits per heavy atom. The summed E-state index contributed by atoms with van der Waals surface area (Å²) in [4.78, 5) is 30.6. The number of nitrogens with zero attached hydrogens (tertiary/aromatic N) is 3. The number of hydrogen-bond acceptors (Lipinski definition) is 8. The maximum Gasteiger partial charge on any atom is 0.410 e. The lowest BCUT2D eigenvalue weighted by molar-refractivity contribution is -0.151. The molecule has 0 radical (unpaired) electrons. The monoisotopic (exact) mass is 655 g/mol. The summed E-state index contributed by atoms with van der Waals surface area (Å²) in [6.45, 7) is 7.32. The molecule has 1 aromatic carbocycles. The number of halogens is 4. The molecule has 3 heterocycles. The fraction of sp³-hybridized carbons (Fsp3) is 0.636. The predicted molar refractivity (Wildman–Crippen MR) is 165 cm³/mol. The quantitative estimate of drug-likeness (QED) is 0.268. The van der Waals surface area contributed by atoms with E-state index in [0.717, 1.165) is 5.69 Å². The van der Waals surface area contributed by atoms with Crippen LogP contribution in [0.15, 0.2) is 35.9 Å². The highest BCUT2D eigenvalue weighted by Gasteiger charge is 2.34. The van der Waals surface area contributed by atoms with E-state index in [1.54, 1.807) is 19.1 Å². The molecule has 2 saturated heterocycles. The Hall–Kier alpha value is -3.16. The van der Waals surface area contributed by atoms with Crippen LogP contribution in [-0.4, -0.2) is 110 Å². The van der Waals surface area contributed by atoms with Crippen LogP contribution < -0.4 is 4.90 Å². The van der Waals surface area contributed by atoms with Crippen molar-refractivity contribution < 1.29 is 46.5 Å². The van der Waals surface area contributed by atoms with Gasteiger partial charge in [-0.25, -0.2) is 9.18 Å². The number of amides is 1. The number of hydrogen-bond donors (Lipinski definition) is 1. The molecule has 4 rings (SSSR count). The molecule has 1 N–H and O–H groups in total. The number of carbonyl (C=O) groups is 2. The lowest BCUT2D eigenvalue weighted by Gasteiger charge is -2.35. The molecule has 1 aromatic rings. The number of aliphatic hydroxyl groups is 1. The van der Waals surface area contributed by atoms with Gasteiger partial charge in [0, 0.05) is 50.9 Å². The zero-order valence-corrected chi connectivity index (χ0v) is 26.7. The first-order valence-corrected chi connectivity index (χ1v) is 15.9. The van der Waals surface area contributed by atoms with E-state index in [0.29, 0.717) is 43.9 Å². The van der Waals surface area contributed by atoms with Crippen molar-refractivity contribution in [1.29, 1.82) is 0 Å². The summed E-state index contributed by atoms with van der Waals surface area (Å²) < 4.78 is 70.1. The highest BCUT2D eigenvalue weighted by Crippen LogP contribution is 2.28. The fourth-order valence-electron chi connectivity index (χ4n) is 6.01. The van der Waals surface area contributed by atoms with Crippen LogP contribution in [0, 0.1) is 17.7 Å². The van der Waals surface area contributed by atoms with Gasteiger partial charge < -0.3 is 29.1 Å². The van der Waals surface area contributed by atoms with Gasteiger partial charge in [-0.15, -0.1) is 0 Å². The Bertz CT molecular complexity index is 1240. The molecule has 0 aliphatic carbocycles. The third kappa shape index (κ3) is 10.7. The number of cyclic esters (lactones) is 1. The Labute approximate surface area is 267 Å². The Morgan fingerprint density at radius 1 is 1.04 bits per heavy atom. The number of benzene rings is 1. The van der Waals surface area contributed by atoms with Crippen LogP contribution in [0.2, 0.25) is 0 Å². The first kappa shape index (κ1) is 35.7. The zero-order chi connectivity index (χ0) is 33.4. The van der Waals surface area contributed by atoms with Crippen molar-refractivity contribution in [2.24, 2.45) is 11.8 Å². The molecule has 1 amide bonds. The second kappa shape index (κ2) is 16.1. The minimum atomic E-state index is -4.30. The molecule has 13 heteroatoms. The van der Waals surface area contributed by atoms with E-state index >= 15 is 0 Å². The summed E-state index contributed by atoms with van der Waals surface area (Å²) in [5, 5.41) is 10.6. The third-order valence-electron chi connectivity index (χ3n) is 8.65. The maximum absolute atomic E-state index is 14.7. The van der Waals surface area contributed by atoms with Crippen LogP contribution in [0.25, 0.3) is 6.08 Å². The number of carbonyl (C=O) groups excluding carboxylic acids is 2. The van der Waals surface area contributed by atoms with Gasteiger partial charge in [-0.05, 0) is 61.1 Å². The van der Waals surface area contributed by atoms with Gasteiger partial charge in [0.1, 0.15) is 18.0 Å². The van der Waals surface area contributed by atoms with E-state index in [9.17, 15) is 32.3 Å². The second-order valence-electron chi connectivity index (χ2n) is 12.5. The standard InChI is InChI=1S/C33H45F4N3O6/c1-22-4-6-28(41)20-30(42)46-31(24(3)16-25-17-26(34)19-27(18-25)39-12-14-44-15-13-39)23(2)5-7-29(22)45-32(43)40-10-8-38(9-11-40)21-33(35,36)37/h5,7,16-19,22-23,28-29,31,41H,4,6,8-15,20-21H2,1-3H3/b7-5+,24-16+/t22-,23-,28+,29-,31-/m0/s1. The molecule has 3 aliphatic heterocycles. The number of aliphatic hydroxyl groups excluding tert-OH is 1. The number of morpholine rings is 1. The van der Waals surface area contributed by atoms with Crippen LogP contribution in [0.4, 0.5) is 28.0 Å². The average Bonchev–Trinajstić information content (AvgIpc) is 2.99. The van der Waals surface area contributed by atoms with Gasteiger partial charge in [0.15, 0.2) is 0 Å². The Morgan fingerprint density at radius 2 is 1.74 bits per heavy atom. The molecule has 0 saturated carbocycles. The second-order valence-corrected chi connectivity index (χ2v) is 12.5. The Balaban J connectivity index is 1.51. The Kier molecular flexibility index (Phi) is 12.5. The molecule has 46 heavy (non-hydrogen) atoms. The molecule has 0 unspecified atom stereocenters. The highest BCUT2D eigenvalue weighted by molar-refractivity contribution is 5.71. The van der Waals surface area contributed by atoms with Gasteiger partial charge in [0.25, 0.3) is 0 Å². The van der Waals surface area contributed by atoms with Crippen molar-refractivity contribution in [1.82, 2.24) is 9.80 Å². The molecule has 2 fully saturated rings. The maximum atomic E-state index is 14.7. The summed E-state index contributed by atoms with van der Waals surface area (Å²) in [5.74, 6) is -1.55. The van der Waals surface area contributed by atoms with Crippen LogP contribution in [0.5, 0.6) is 0 Å². The number of alkyl halides is 3. The molecule has 0 bridgehead atoms. The first-order valence-electron chi connectivity index (χ1n) is 15.9. The number of ether oxygens (including phenoxy) is 3. The van der Waals surface area contributed by atoms with Crippen LogP contribution in [0.1, 0.15) is 45.6 Å². The minimum absolute atomic E-state index is 0.0891. The molecule has 5 atom stereocenters. The summed E-state index contributed by atoms with van der Waals surface area (Å²) in [5.41, 5.74) is 2.00. The van der Waals surface area contributed by atoms with E-state index < -0.39 is 48.9 Å². The van der Waals surface area contributed by atoms with Gasteiger partial charge >= 0.3 is 18.2 Å². The lowest BCUT2D eigenvalue weighted by atomic mass is 9.91. The molecule has 3 aliphatic rings. The summed E-state index contributed by atoms with van der Waals surface area (Å²) >= 11 is 0. The summed E-state index contributed by atoms with van der Waals surface area (Å²) in [7, 11) is 0. The van der Waals surface area contributed by atoms with Crippen LogP contribution >= 0.6 is 0 Å². The number of anilines is 1. The molecule has 0 aromatic heterocycles. The van der Waals surface area contributed by atoms with Crippen molar-refractivity contribution >= 4 is 23.8 Å². The van der Waals surface area contributed by atoms with Gasteiger partial charge in [-0.2, -0.15) is 13.2 Å². The fourth-order valence-corrected chi connectivity index (χ4v) is 6.01. The van der Waals surface area contributed by atoms with Crippen LogP contribution in [-0.2, 0) is 19.0 Å². The zero-order valence-electron chi connectivity index (χ0n) is 26.7. The molecule has 0 spiro atoms. The van der Waals surface area contributed by atoms with Gasteiger partial charge in [-0.3, -0.25) is 9.69 Å². The van der Waals surface area contributed by atoms with Crippen molar-refractivity contribution in [2.75, 3.05) is 63.9 Å². The van der Waals surface area contributed by atoms with Crippen LogP contribution in [0.3, 0.4) is 0 Å². The molecular formula is C33H45F4N3O6. The average molecular weight is 656 g/mol.